The van der Waals surface area contributed by atoms with E-state index >= 15 is 0 Å². The Kier molecular flexibility index (Phi) is 7.47. The van der Waals surface area contributed by atoms with Gasteiger partial charge >= 0.3 is 0 Å². The van der Waals surface area contributed by atoms with Gasteiger partial charge in [-0.05, 0) is 30.7 Å². The van der Waals surface area contributed by atoms with Crippen LogP contribution in [0.2, 0.25) is 0 Å². The molecule has 1 aromatic carbocycles. The van der Waals surface area contributed by atoms with Crippen molar-refractivity contribution in [1.82, 2.24) is 4.31 Å². The van der Waals surface area contributed by atoms with E-state index in [2.05, 4.69) is 5.32 Å². The summed E-state index contributed by atoms with van der Waals surface area (Å²) < 4.78 is 37.5. The number of hydrogen-bond acceptors (Lipinski definition) is 3. The summed E-state index contributed by atoms with van der Waals surface area (Å²) in [5.74, 6) is -0.673. The molecule has 0 atom stereocenters. The zero-order valence-corrected chi connectivity index (χ0v) is 13.8. The Morgan fingerprint density at radius 3 is 2.36 bits per heavy atom. The average molecular weight is 330 g/mol. The largest absolute Gasteiger partial charge is 0.326 e. The van der Waals surface area contributed by atoms with Crippen molar-refractivity contribution in [3.63, 3.8) is 0 Å². The number of sulfonamides is 1. The first kappa shape index (κ1) is 18.6. The zero-order valence-electron chi connectivity index (χ0n) is 13.0. The van der Waals surface area contributed by atoms with Gasteiger partial charge in [0.2, 0.25) is 15.9 Å². The third-order valence-corrected chi connectivity index (χ3v) is 4.50. The van der Waals surface area contributed by atoms with E-state index in [-0.39, 0.29) is 24.7 Å². The number of halogens is 1. The van der Waals surface area contributed by atoms with Gasteiger partial charge in [0, 0.05) is 25.2 Å². The van der Waals surface area contributed by atoms with E-state index in [1.807, 2.05) is 6.92 Å². The fraction of sp³-hybridized carbons (Fsp3) is 0.533. The second-order valence-corrected chi connectivity index (χ2v) is 7.16. The topological polar surface area (TPSA) is 66.5 Å². The molecule has 0 aliphatic rings. The van der Waals surface area contributed by atoms with Crippen LogP contribution in [0, 0.1) is 5.82 Å². The molecule has 0 aromatic heterocycles. The monoisotopic (exact) mass is 330 g/mol. The summed E-state index contributed by atoms with van der Waals surface area (Å²) in [4.78, 5) is 11.8. The molecule has 0 spiro atoms. The van der Waals surface area contributed by atoms with Crippen molar-refractivity contribution < 1.29 is 17.6 Å². The van der Waals surface area contributed by atoms with Gasteiger partial charge in [0.05, 0.1) is 6.26 Å². The number of nitrogens with one attached hydrogen (secondary N) is 1. The number of benzene rings is 1. The van der Waals surface area contributed by atoms with Crippen LogP contribution in [-0.2, 0) is 14.8 Å². The van der Waals surface area contributed by atoms with Gasteiger partial charge in [-0.15, -0.1) is 0 Å². The van der Waals surface area contributed by atoms with Crippen molar-refractivity contribution in [2.24, 2.45) is 0 Å². The van der Waals surface area contributed by atoms with Gasteiger partial charge in [0.1, 0.15) is 5.82 Å². The van der Waals surface area contributed by atoms with Crippen LogP contribution in [0.4, 0.5) is 10.1 Å². The predicted octanol–water partition coefficient (Wildman–Crippen LogP) is 2.61. The SMILES string of the molecule is CCCCCN(CCC(=O)Nc1ccc(F)cc1)S(C)(=O)=O. The summed E-state index contributed by atoms with van der Waals surface area (Å²) in [6, 6.07) is 5.43. The number of anilines is 1. The molecule has 0 heterocycles. The number of amides is 1. The Morgan fingerprint density at radius 1 is 1.18 bits per heavy atom. The van der Waals surface area contributed by atoms with E-state index in [0.717, 1.165) is 25.5 Å². The van der Waals surface area contributed by atoms with Crippen LogP contribution in [-0.4, -0.2) is 38.0 Å². The van der Waals surface area contributed by atoms with Crippen molar-refractivity contribution in [2.75, 3.05) is 24.7 Å². The molecule has 0 saturated heterocycles. The lowest BCUT2D eigenvalue weighted by Crippen LogP contribution is -2.33. The molecule has 0 aliphatic heterocycles. The molecule has 0 aliphatic carbocycles. The van der Waals surface area contributed by atoms with E-state index in [9.17, 15) is 17.6 Å². The fourth-order valence-electron chi connectivity index (χ4n) is 1.96. The molecule has 7 heteroatoms. The Hall–Kier alpha value is -1.47. The number of carbonyl (C=O) groups excluding carboxylic acids is 1. The average Bonchev–Trinajstić information content (AvgIpc) is 2.44. The summed E-state index contributed by atoms with van der Waals surface area (Å²) >= 11 is 0. The molecule has 0 fully saturated rings. The first-order chi connectivity index (χ1) is 10.3. The first-order valence-corrected chi connectivity index (χ1v) is 9.18. The molecule has 0 radical (unpaired) electrons. The van der Waals surface area contributed by atoms with Crippen LogP contribution in [0.3, 0.4) is 0 Å². The van der Waals surface area contributed by atoms with Crippen LogP contribution in [0.1, 0.15) is 32.6 Å². The van der Waals surface area contributed by atoms with E-state index in [1.54, 1.807) is 0 Å². The third kappa shape index (κ3) is 7.00. The van der Waals surface area contributed by atoms with E-state index < -0.39 is 10.0 Å². The maximum Gasteiger partial charge on any atom is 0.225 e. The number of rotatable bonds is 9. The van der Waals surface area contributed by atoms with Gasteiger partial charge in [-0.2, -0.15) is 0 Å². The lowest BCUT2D eigenvalue weighted by atomic mass is 10.2. The Labute approximate surface area is 131 Å². The smallest absolute Gasteiger partial charge is 0.225 e. The number of nitrogens with zero attached hydrogens (tertiary/aromatic N) is 1. The van der Waals surface area contributed by atoms with Gasteiger partial charge < -0.3 is 5.32 Å². The van der Waals surface area contributed by atoms with Crippen molar-refractivity contribution in [3.05, 3.63) is 30.1 Å². The second-order valence-electron chi connectivity index (χ2n) is 5.17. The van der Waals surface area contributed by atoms with Crippen LogP contribution < -0.4 is 5.32 Å². The lowest BCUT2D eigenvalue weighted by Gasteiger charge is -2.19. The summed E-state index contributed by atoms with van der Waals surface area (Å²) in [6.45, 7) is 2.62. The van der Waals surface area contributed by atoms with E-state index in [1.165, 1.54) is 28.6 Å². The Morgan fingerprint density at radius 2 is 1.82 bits per heavy atom. The van der Waals surface area contributed by atoms with Gasteiger partial charge in [-0.25, -0.2) is 17.1 Å². The van der Waals surface area contributed by atoms with E-state index in [4.69, 9.17) is 0 Å². The summed E-state index contributed by atoms with van der Waals surface area (Å²) in [6.07, 6.45) is 3.95. The molecule has 0 bridgehead atoms. The normalized spacial score (nSPS) is 11.6. The minimum absolute atomic E-state index is 0.0660. The molecule has 0 unspecified atom stereocenters. The molecule has 1 amide bonds. The molecule has 0 saturated carbocycles. The predicted molar refractivity (Wildman–Crippen MR) is 85.6 cm³/mol. The fourth-order valence-corrected chi connectivity index (χ4v) is 2.85. The summed E-state index contributed by atoms with van der Waals surface area (Å²) in [7, 11) is -3.32. The highest BCUT2D eigenvalue weighted by Gasteiger charge is 2.17. The molecule has 22 heavy (non-hydrogen) atoms. The van der Waals surface area contributed by atoms with Crippen molar-refractivity contribution in [2.45, 2.75) is 32.6 Å². The van der Waals surface area contributed by atoms with Gasteiger partial charge in [-0.1, -0.05) is 19.8 Å². The van der Waals surface area contributed by atoms with Crippen molar-refractivity contribution >= 4 is 21.6 Å². The Balaban J connectivity index is 2.49. The second kappa shape index (κ2) is 8.85. The quantitative estimate of drug-likeness (QED) is 0.708. The number of unbranched alkanes of at least 4 members (excludes halogenated alkanes) is 2. The summed E-state index contributed by atoms with van der Waals surface area (Å²) in [5.41, 5.74) is 0.489. The zero-order chi connectivity index (χ0) is 16.6. The molecule has 5 nitrogen and oxygen atoms in total. The maximum absolute atomic E-state index is 12.8. The number of carbonyl (C=O) groups is 1. The van der Waals surface area contributed by atoms with Crippen molar-refractivity contribution in [3.8, 4) is 0 Å². The molecule has 124 valence electrons. The highest BCUT2D eigenvalue weighted by Crippen LogP contribution is 2.09. The first-order valence-electron chi connectivity index (χ1n) is 7.33. The van der Waals surface area contributed by atoms with Crippen LogP contribution in [0.5, 0.6) is 0 Å². The van der Waals surface area contributed by atoms with E-state index in [0.29, 0.717) is 12.2 Å². The molecule has 1 N–H and O–H groups in total. The van der Waals surface area contributed by atoms with Crippen molar-refractivity contribution in [1.29, 1.82) is 0 Å². The minimum atomic E-state index is -3.32. The number of hydrogen-bond donors (Lipinski definition) is 1. The van der Waals surface area contributed by atoms with Gasteiger partial charge in [-0.3, -0.25) is 4.79 Å². The minimum Gasteiger partial charge on any atom is -0.326 e. The van der Waals surface area contributed by atoms with Crippen LogP contribution in [0.25, 0.3) is 0 Å². The van der Waals surface area contributed by atoms with Gasteiger partial charge in [0.25, 0.3) is 0 Å². The molecular formula is C15H23FN2O3S. The highest BCUT2D eigenvalue weighted by molar-refractivity contribution is 7.88. The van der Waals surface area contributed by atoms with Crippen LogP contribution >= 0.6 is 0 Å². The summed E-state index contributed by atoms with van der Waals surface area (Å²) in [5, 5.41) is 2.62. The maximum atomic E-state index is 12.8. The molecule has 1 rings (SSSR count). The van der Waals surface area contributed by atoms with Gasteiger partial charge in [0.15, 0.2) is 0 Å². The third-order valence-electron chi connectivity index (χ3n) is 3.20. The highest BCUT2D eigenvalue weighted by atomic mass is 32.2. The van der Waals surface area contributed by atoms with Crippen LogP contribution in [0.15, 0.2) is 24.3 Å². The lowest BCUT2D eigenvalue weighted by molar-refractivity contribution is -0.116. The Bertz CT molecular complexity index is 573. The molecular weight excluding hydrogens is 307 g/mol. The standard InChI is InChI=1S/C15H23FN2O3S/c1-3-4-5-11-18(22(2,20)21)12-10-15(19)17-14-8-6-13(16)7-9-14/h6-9H,3-5,10-12H2,1-2H3,(H,17,19). The molecule has 1 aromatic rings.